The Balaban J connectivity index is 2.22. The van der Waals surface area contributed by atoms with Gasteiger partial charge in [-0.15, -0.1) is 0 Å². The Morgan fingerprint density at radius 1 is 0.964 bits per heavy atom. The second-order valence-electron chi connectivity index (χ2n) is 6.80. The Morgan fingerprint density at radius 3 is 2.18 bits per heavy atom. The molecule has 0 bridgehead atoms. The molecule has 4 heteroatoms. The lowest BCUT2D eigenvalue weighted by molar-refractivity contribution is 0.104. The van der Waals surface area contributed by atoms with Crippen LogP contribution in [0, 0.1) is 6.92 Å². The van der Waals surface area contributed by atoms with Gasteiger partial charge in [0.1, 0.15) is 17.2 Å². The zero-order valence-electron chi connectivity index (χ0n) is 17.0. The van der Waals surface area contributed by atoms with Crippen LogP contribution in [0.25, 0.3) is 6.08 Å². The summed E-state index contributed by atoms with van der Waals surface area (Å²) in [4.78, 5) is 12.4. The number of carbonyl (C=O) groups excluding carboxylic acids is 1. The number of unbranched alkanes of at least 4 members (excludes halogenated alkanes) is 2. The number of phenolic OH excluding ortho intramolecular Hbond substituents is 1. The lowest BCUT2D eigenvalue weighted by Gasteiger charge is -2.14. The predicted molar refractivity (Wildman–Crippen MR) is 113 cm³/mol. The quantitative estimate of drug-likeness (QED) is 0.296. The van der Waals surface area contributed by atoms with E-state index < -0.39 is 0 Å². The second-order valence-corrected chi connectivity index (χ2v) is 6.80. The summed E-state index contributed by atoms with van der Waals surface area (Å²) in [6.45, 7) is 7.56. The fraction of sp³-hybridized carbons (Fsp3) is 0.375. The largest absolute Gasteiger partial charge is 0.508 e. The van der Waals surface area contributed by atoms with Gasteiger partial charge < -0.3 is 14.6 Å². The number of aryl methyl sites for hydroxylation is 1. The minimum atomic E-state index is -0.125. The summed E-state index contributed by atoms with van der Waals surface area (Å²) < 4.78 is 11.8. The van der Waals surface area contributed by atoms with E-state index >= 15 is 0 Å². The van der Waals surface area contributed by atoms with E-state index in [9.17, 15) is 9.90 Å². The summed E-state index contributed by atoms with van der Waals surface area (Å²) in [6, 6.07) is 10.1. The lowest BCUT2D eigenvalue weighted by atomic mass is 10.1. The van der Waals surface area contributed by atoms with E-state index in [1.54, 1.807) is 18.2 Å². The lowest BCUT2D eigenvalue weighted by Crippen LogP contribution is -2.02. The highest BCUT2D eigenvalue weighted by Gasteiger charge is 2.09. The van der Waals surface area contributed by atoms with Crippen molar-refractivity contribution in [3.63, 3.8) is 0 Å². The standard InChI is InChI=1S/C24H30O4/c1-4-6-14-27-23-17-24(28-15-7-5-2)20(16-18(23)3)10-13-22(26)19-8-11-21(25)12-9-19/h8-13,16-17,25H,4-7,14-15H2,1-3H3. The van der Waals surface area contributed by atoms with Crippen molar-refractivity contribution in [1.29, 1.82) is 0 Å². The minimum absolute atomic E-state index is 0.125. The Hall–Kier alpha value is -2.75. The number of hydrogen-bond acceptors (Lipinski definition) is 4. The average molecular weight is 383 g/mol. The molecule has 28 heavy (non-hydrogen) atoms. The number of carbonyl (C=O) groups is 1. The van der Waals surface area contributed by atoms with E-state index in [1.165, 1.54) is 18.2 Å². The molecule has 2 aromatic carbocycles. The van der Waals surface area contributed by atoms with Gasteiger partial charge in [-0.05, 0) is 67.8 Å². The third-order valence-corrected chi connectivity index (χ3v) is 4.38. The van der Waals surface area contributed by atoms with Crippen LogP contribution in [-0.2, 0) is 0 Å². The van der Waals surface area contributed by atoms with Gasteiger partial charge in [0.2, 0.25) is 0 Å². The third-order valence-electron chi connectivity index (χ3n) is 4.38. The molecule has 0 unspecified atom stereocenters. The molecule has 4 nitrogen and oxygen atoms in total. The summed E-state index contributed by atoms with van der Waals surface area (Å²) in [6.07, 6.45) is 7.42. The molecule has 0 aliphatic carbocycles. The van der Waals surface area contributed by atoms with E-state index in [4.69, 9.17) is 9.47 Å². The molecule has 0 amide bonds. The number of benzene rings is 2. The van der Waals surface area contributed by atoms with E-state index in [0.717, 1.165) is 48.3 Å². The van der Waals surface area contributed by atoms with Crippen LogP contribution in [0.15, 0.2) is 42.5 Å². The van der Waals surface area contributed by atoms with Crippen molar-refractivity contribution in [2.24, 2.45) is 0 Å². The van der Waals surface area contributed by atoms with Gasteiger partial charge in [-0.1, -0.05) is 26.7 Å². The fourth-order valence-corrected chi connectivity index (χ4v) is 2.64. The molecule has 0 saturated heterocycles. The maximum Gasteiger partial charge on any atom is 0.185 e. The molecule has 0 radical (unpaired) electrons. The SMILES string of the molecule is CCCCOc1cc(OCCCC)c(C=CC(=O)c2ccc(O)cc2)cc1C. The minimum Gasteiger partial charge on any atom is -0.508 e. The van der Waals surface area contributed by atoms with Crippen LogP contribution in [0.1, 0.15) is 61.0 Å². The summed E-state index contributed by atoms with van der Waals surface area (Å²) >= 11 is 0. The molecule has 2 rings (SSSR count). The highest BCUT2D eigenvalue weighted by Crippen LogP contribution is 2.30. The summed E-state index contributed by atoms with van der Waals surface area (Å²) in [5.41, 5.74) is 2.39. The van der Waals surface area contributed by atoms with Gasteiger partial charge in [0.25, 0.3) is 0 Å². The summed E-state index contributed by atoms with van der Waals surface area (Å²) in [5.74, 6) is 1.56. The second kappa shape index (κ2) is 11.2. The highest BCUT2D eigenvalue weighted by atomic mass is 16.5. The monoisotopic (exact) mass is 382 g/mol. The Morgan fingerprint density at radius 2 is 1.57 bits per heavy atom. The van der Waals surface area contributed by atoms with Gasteiger partial charge in [-0.2, -0.15) is 0 Å². The fourth-order valence-electron chi connectivity index (χ4n) is 2.64. The van der Waals surface area contributed by atoms with Crippen molar-refractivity contribution in [1.82, 2.24) is 0 Å². The first-order valence-electron chi connectivity index (χ1n) is 9.96. The van der Waals surface area contributed by atoms with E-state index in [1.807, 2.05) is 19.1 Å². The molecule has 0 aromatic heterocycles. The summed E-state index contributed by atoms with van der Waals surface area (Å²) in [7, 11) is 0. The number of allylic oxidation sites excluding steroid dienone is 1. The molecule has 150 valence electrons. The van der Waals surface area contributed by atoms with E-state index in [0.29, 0.717) is 18.8 Å². The third kappa shape index (κ3) is 6.45. The number of phenols is 1. The first-order valence-corrected chi connectivity index (χ1v) is 9.96. The van der Waals surface area contributed by atoms with Crippen molar-refractivity contribution < 1.29 is 19.4 Å². The highest BCUT2D eigenvalue weighted by molar-refractivity contribution is 6.07. The van der Waals surface area contributed by atoms with Crippen molar-refractivity contribution in [2.75, 3.05) is 13.2 Å². The van der Waals surface area contributed by atoms with Gasteiger partial charge in [0.05, 0.1) is 13.2 Å². The maximum atomic E-state index is 12.4. The summed E-state index contributed by atoms with van der Waals surface area (Å²) in [5, 5.41) is 9.36. The molecule has 0 atom stereocenters. The van der Waals surface area contributed by atoms with E-state index in [2.05, 4.69) is 13.8 Å². The number of ether oxygens (including phenoxy) is 2. The predicted octanol–water partition coefficient (Wildman–Crippen LogP) is 5.95. The zero-order valence-corrected chi connectivity index (χ0v) is 17.0. The van der Waals surface area contributed by atoms with Gasteiger partial charge in [0, 0.05) is 17.2 Å². The van der Waals surface area contributed by atoms with E-state index in [-0.39, 0.29) is 11.5 Å². The molecule has 2 aromatic rings. The molecule has 0 spiro atoms. The Kier molecular flexibility index (Phi) is 8.60. The van der Waals surface area contributed by atoms with Crippen molar-refractivity contribution in [2.45, 2.75) is 46.5 Å². The average Bonchev–Trinajstić information content (AvgIpc) is 2.69. The Labute approximate surface area is 167 Å². The van der Waals surface area contributed by atoms with Crippen molar-refractivity contribution in [3.05, 3.63) is 59.2 Å². The topological polar surface area (TPSA) is 55.8 Å². The van der Waals surface area contributed by atoms with Crippen molar-refractivity contribution in [3.8, 4) is 17.2 Å². The molecule has 0 saturated carbocycles. The van der Waals surface area contributed by atoms with Crippen LogP contribution in [0.5, 0.6) is 17.2 Å². The number of ketones is 1. The van der Waals surface area contributed by atoms with Gasteiger partial charge in [-0.3, -0.25) is 4.79 Å². The molecule has 0 heterocycles. The number of hydrogen-bond donors (Lipinski definition) is 1. The molecular formula is C24H30O4. The van der Waals surface area contributed by atoms with Gasteiger partial charge >= 0.3 is 0 Å². The van der Waals surface area contributed by atoms with Gasteiger partial charge in [0.15, 0.2) is 5.78 Å². The van der Waals surface area contributed by atoms with Crippen LogP contribution in [-0.4, -0.2) is 24.1 Å². The van der Waals surface area contributed by atoms with Crippen LogP contribution >= 0.6 is 0 Å². The smallest absolute Gasteiger partial charge is 0.185 e. The molecule has 1 N–H and O–H groups in total. The molecule has 0 aliphatic rings. The molecular weight excluding hydrogens is 352 g/mol. The van der Waals surface area contributed by atoms with Gasteiger partial charge in [-0.25, -0.2) is 0 Å². The number of rotatable bonds is 11. The zero-order chi connectivity index (χ0) is 20.4. The van der Waals surface area contributed by atoms with Crippen molar-refractivity contribution >= 4 is 11.9 Å². The molecule has 0 fully saturated rings. The maximum absolute atomic E-state index is 12.4. The first kappa shape index (κ1) is 21.5. The molecule has 0 aliphatic heterocycles. The Bertz CT molecular complexity index is 791. The normalized spacial score (nSPS) is 11.0. The van der Waals surface area contributed by atoms with Crippen LogP contribution in [0.4, 0.5) is 0 Å². The number of aromatic hydroxyl groups is 1. The first-order chi connectivity index (χ1) is 13.5. The van der Waals surface area contributed by atoms with Crippen LogP contribution in [0.3, 0.4) is 0 Å². The van der Waals surface area contributed by atoms with Crippen LogP contribution in [0.2, 0.25) is 0 Å². The van der Waals surface area contributed by atoms with Crippen LogP contribution < -0.4 is 9.47 Å².